The third-order valence-electron chi connectivity index (χ3n) is 4.97. The number of benzene rings is 2. The number of ether oxygens (including phenoxy) is 1. The zero-order chi connectivity index (χ0) is 17.8. The van der Waals surface area contributed by atoms with Gasteiger partial charge >= 0.3 is 6.09 Å². The minimum absolute atomic E-state index is 0.252. The predicted molar refractivity (Wildman–Crippen MR) is 99.3 cm³/mol. The molecule has 3 fully saturated rings. The van der Waals surface area contributed by atoms with Gasteiger partial charge in [0.25, 0.3) is 0 Å². The van der Waals surface area contributed by atoms with Crippen LogP contribution in [0, 0.1) is 0 Å². The van der Waals surface area contributed by atoms with Gasteiger partial charge in [-0.1, -0.05) is 18.2 Å². The Labute approximate surface area is 153 Å². The van der Waals surface area contributed by atoms with Gasteiger partial charge in [0.05, 0.1) is 11.4 Å². The summed E-state index contributed by atoms with van der Waals surface area (Å²) in [6.45, 7) is 3.84. The second-order valence-electron chi connectivity index (χ2n) is 6.66. The summed E-state index contributed by atoms with van der Waals surface area (Å²) in [7, 11) is 0. The van der Waals surface area contributed by atoms with E-state index in [2.05, 4.69) is 15.1 Å². The maximum atomic E-state index is 12.5. The molecule has 5 rings (SSSR count). The first-order chi connectivity index (χ1) is 12.8. The molecule has 3 saturated heterocycles. The van der Waals surface area contributed by atoms with Gasteiger partial charge in [-0.3, -0.25) is 0 Å². The molecule has 3 heterocycles. The maximum absolute atomic E-state index is 12.5. The van der Waals surface area contributed by atoms with E-state index in [1.165, 1.54) is 0 Å². The lowest BCUT2D eigenvalue weighted by molar-refractivity contribution is 0.131. The van der Waals surface area contributed by atoms with Crippen LogP contribution in [0.1, 0.15) is 12.8 Å². The van der Waals surface area contributed by atoms with Crippen molar-refractivity contribution in [1.82, 2.24) is 9.80 Å². The first-order valence-electron chi connectivity index (χ1n) is 9.05. The van der Waals surface area contributed by atoms with Crippen molar-refractivity contribution in [2.24, 2.45) is 10.2 Å². The Kier molecular flexibility index (Phi) is 4.93. The molecule has 3 aliphatic rings. The molecular formula is C20H22N4O2. The van der Waals surface area contributed by atoms with Crippen molar-refractivity contribution < 1.29 is 9.53 Å². The lowest BCUT2D eigenvalue weighted by atomic mass is 10.1. The van der Waals surface area contributed by atoms with Crippen molar-refractivity contribution in [3.05, 3.63) is 54.6 Å². The number of hydrogen-bond donors (Lipinski definition) is 0. The van der Waals surface area contributed by atoms with Crippen LogP contribution in [0.3, 0.4) is 0 Å². The minimum atomic E-state index is -0.252. The van der Waals surface area contributed by atoms with E-state index in [4.69, 9.17) is 4.74 Å². The zero-order valence-electron chi connectivity index (χ0n) is 14.6. The van der Waals surface area contributed by atoms with Gasteiger partial charge in [0.15, 0.2) is 0 Å². The zero-order valence-corrected chi connectivity index (χ0v) is 14.6. The summed E-state index contributed by atoms with van der Waals surface area (Å²) in [5, 5.41) is 8.38. The molecule has 0 radical (unpaired) electrons. The van der Waals surface area contributed by atoms with E-state index in [-0.39, 0.29) is 6.09 Å². The van der Waals surface area contributed by atoms with Crippen LogP contribution >= 0.6 is 0 Å². The number of carbonyl (C=O) groups is 1. The van der Waals surface area contributed by atoms with E-state index >= 15 is 0 Å². The van der Waals surface area contributed by atoms with E-state index in [0.29, 0.717) is 11.8 Å². The molecule has 1 amide bonds. The highest BCUT2D eigenvalue weighted by atomic mass is 16.6. The molecular weight excluding hydrogens is 328 g/mol. The van der Waals surface area contributed by atoms with E-state index in [1.807, 2.05) is 35.2 Å². The second-order valence-corrected chi connectivity index (χ2v) is 6.66. The number of rotatable bonds is 3. The number of fused-ring (bicyclic) bond motifs is 4. The molecule has 0 saturated carbocycles. The average molecular weight is 350 g/mol. The topological polar surface area (TPSA) is 57.5 Å². The molecule has 0 aliphatic carbocycles. The molecule has 2 bridgehead atoms. The van der Waals surface area contributed by atoms with Crippen LogP contribution in [-0.2, 0) is 0 Å². The Morgan fingerprint density at radius 3 is 2.19 bits per heavy atom. The first-order valence-corrected chi connectivity index (χ1v) is 9.05. The van der Waals surface area contributed by atoms with E-state index in [0.717, 1.165) is 50.4 Å². The molecule has 0 unspecified atom stereocenters. The predicted octanol–water partition coefficient (Wildman–Crippen LogP) is 4.38. The Morgan fingerprint density at radius 2 is 1.50 bits per heavy atom. The third-order valence-corrected chi connectivity index (χ3v) is 4.97. The lowest BCUT2D eigenvalue weighted by Gasteiger charge is -2.30. The van der Waals surface area contributed by atoms with Gasteiger partial charge in [0.2, 0.25) is 0 Å². The van der Waals surface area contributed by atoms with Crippen LogP contribution in [0.4, 0.5) is 16.2 Å². The molecule has 0 spiro atoms. The molecule has 0 atom stereocenters. The quantitative estimate of drug-likeness (QED) is 0.772. The number of azo groups is 1. The third kappa shape index (κ3) is 3.91. The van der Waals surface area contributed by atoms with Gasteiger partial charge < -0.3 is 14.5 Å². The fourth-order valence-corrected chi connectivity index (χ4v) is 3.48. The summed E-state index contributed by atoms with van der Waals surface area (Å²) in [5.74, 6) is 0.535. The van der Waals surface area contributed by atoms with Gasteiger partial charge in [0.1, 0.15) is 5.75 Å². The summed E-state index contributed by atoms with van der Waals surface area (Å²) in [4.78, 5) is 16.8. The average Bonchev–Trinajstić information content (AvgIpc) is 3.02. The van der Waals surface area contributed by atoms with Crippen molar-refractivity contribution in [1.29, 1.82) is 0 Å². The number of hydrogen-bond acceptors (Lipinski definition) is 5. The van der Waals surface area contributed by atoms with Crippen LogP contribution in [0.25, 0.3) is 0 Å². The summed E-state index contributed by atoms with van der Waals surface area (Å²) in [5.41, 5.74) is 1.52. The number of piperidine rings is 1. The van der Waals surface area contributed by atoms with Crippen molar-refractivity contribution in [3.8, 4) is 5.75 Å². The standard InChI is InChI=1S/C20H22N4O2/c25-20(24-15-14-23-12-10-18(24)11-13-23)26-19-8-6-17(7-9-19)22-21-16-4-2-1-3-5-16/h1-9,18H,10-15H2/b22-21+. The summed E-state index contributed by atoms with van der Waals surface area (Å²) >= 11 is 0. The van der Waals surface area contributed by atoms with Crippen molar-refractivity contribution >= 4 is 17.5 Å². The minimum Gasteiger partial charge on any atom is -0.410 e. The van der Waals surface area contributed by atoms with E-state index in [1.54, 1.807) is 24.3 Å². The molecule has 6 heteroatoms. The highest BCUT2D eigenvalue weighted by Crippen LogP contribution is 2.24. The number of nitrogens with zero attached hydrogens (tertiary/aromatic N) is 4. The van der Waals surface area contributed by atoms with Gasteiger partial charge in [-0.15, -0.1) is 0 Å². The van der Waals surface area contributed by atoms with Crippen molar-refractivity contribution in [2.75, 3.05) is 26.2 Å². The fraction of sp³-hybridized carbons (Fsp3) is 0.350. The summed E-state index contributed by atoms with van der Waals surface area (Å²) in [6, 6.07) is 17.0. The highest BCUT2D eigenvalue weighted by molar-refractivity contribution is 5.71. The monoisotopic (exact) mass is 350 g/mol. The van der Waals surface area contributed by atoms with Crippen LogP contribution in [0.5, 0.6) is 5.75 Å². The molecule has 134 valence electrons. The van der Waals surface area contributed by atoms with Gasteiger partial charge in [-0.2, -0.15) is 10.2 Å². The number of carbonyl (C=O) groups excluding carboxylic acids is 1. The molecule has 3 aliphatic heterocycles. The highest BCUT2D eigenvalue weighted by Gasteiger charge is 2.32. The Balaban J connectivity index is 1.38. The largest absolute Gasteiger partial charge is 0.415 e. The normalized spacial score (nSPS) is 22.4. The summed E-state index contributed by atoms with van der Waals surface area (Å²) < 4.78 is 5.57. The second kappa shape index (κ2) is 7.66. The van der Waals surface area contributed by atoms with Gasteiger partial charge in [-0.05, 0) is 49.2 Å². The van der Waals surface area contributed by atoms with Gasteiger partial charge in [0, 0.05) is 32.2 Å². The lowest BCUT2D eigenvalue weighted by Crippen LogP contribution is -2.43. The van der Waals surface area contributed by atoms with Crippen LogP contribution in [0.15, 0.2) is 64.8 Å². The first kappa shape index (κ1) is 16.7. The fourth-order valence-electron chi connectivity index (χ4n) is 3.48. The molecule has 2 aromatic carbocycles. The van der Waals surface area contributed by atoms with Crippen LogP contribution in [0.2, 0.25) is 0 Å². The molecule has 6 nitrogen and oxygen atoms in total. The Bertz CT molecular complexity index is 768. The molecule has 2 aromatic rings. The van der Waals surface area contributed by atoms with Gasteiger partial charge in [-0.25, -0.2) is 4.79 Å². The molecule has 26 heavy (non-hydrogen) atoms. The number of amides is 1. The van der Waals surface area contributed by atoms with E-state index in [9.17, 15) is 4.79 Å². The van der Waals surface area contributed by atoms with Crippen LogP contribution in [-0.4, -0.2) is 48.1 Å². The SMILES string of the molecule is O=C(Oc1ccc(/N=N/c2ccccc2)cc1)N1CCN2CCC1CC2. The van der Waals surface area contributed by atoms with E-state index < -0.39 is 0 Å². The van der Waals surface area contributed by atoms with Crippen LogP contribution < -0.4 is 4.74 Å². The van der Waals surface area contributed by atoms with Crippen molar-refractivity contribution in [2.45, 2.75) is 18.9 Å². The molecule has 0 N–H and O–H groups in total. The molecule has 0 aromatic heterocycles. The smallest absolute Gasteiger partial charge is 0.410 e. The maximum Gasteiger partial charge on any atom is 0.415 e. The Morgan fingerprint density at radius 1 is 0.846 bits per heavy atom. The Hall–Kier alpha value is -2.73. The van der Waals surface area contributed by atoms with Crippen molar-refractivity contribution in [3.63, 3.8) is 0 Å². The summed E-state index contributed by atoms with van der Waals surface area (Å²) in [6.07, 6.45) is 1.82.